The molecule has 0 aliphatic carbocycles. The lowest BCUT2D eigenvalue weighted by atomic mass is 9.96. The number of amides is 1. The maximum atomic E-state index is 13.0. The predicted octanol–water partition coefficient (Wildman–Crippen LogP) is 2.39. The summed E-state index contributed by atoms with van der Waals surface area (Å²) < 4.78 is 3.91. The quantitative estimate of drug-likeness (QED) is 0.537. The fourth-order valence-corrected chi connectivity index (χ4v) is 3.95. The van der Waals surface area contributed by atoms with Gasteiger partial charge in [0.1, 0.15) is 11.5 Å². The molecule has 0 spiro atoms. The Morgan fingerprint density at radius 3 is 2.86 bits per heavy atom. The molecular weight excluding hydrogens is 366 g/mol. The molecule has 146 valence electrons. The molecule has 5 rings (SSSR count). The van der Waals surface area contributed by atoms with Crippen molar-refractivity contribution in [3.8, 4) is 0 Å². The number of nitrogens with zero attached hydrogens (tertiary/aromatic N) is 7. The van der Waals surface area contributed by atoms with Gasteiger partial charge in [-0.1, -0.05) is 6.07 Å². The van der Waals surface area contributed by atoms with Crippen molar-refractivity contribution in [2.75, 3.05) is 13.1 Å². The molecular formula is C21H21N7O. The van der Waals surface area contributed by atoms with Crippen molar-refractivity contribution in [1.29, 1.82) is 0 Å². The Hall–Kier alpha value is -3.55. The van der Waals surface area contributed by atoms with Crippen LogP contribution in [-0.4, -0.2) is 52.8 Å². The molecule has 0 N–H and O–H groups in total. The van der Waals surface area contributed by atoms with Crippen LogP contribution in [0.1, 0.15) is 40.8 Å². The summed E-state index contributed by atoms with van der Waals surface area (Å²) >= 11 is 0. The number of likely N-dealkylation sites (tertiary alicyclic amines) is 1. The Labute approximate surface area is 167 Å². The molecule has 8 heteroatoms. The van der Waals surface area contributed by atoms with Gasteiger partial charge in [-0.25, -0.2) is 15.0 Å². The van der Waals surface area contributed by atoms with Gasteiger partial charge in [-0.2, -0.15) is 0 Å². The van der Waals surface area contributed by atoms with Gasteiger partial charge in [0, 0.05) is 56.2 Å². The van der Waals surface area contributed by atoms with Crippen LogP contribution in [0.2, 0.25) is 0 Å². The van der Waals surface area contributed by atoms with E-state index in [9.17, 15) is 4.79 Å². The summed E-state index contributed by atoms with van der Waals surface area (Å²) in [5.41, 5.74) is 1.42. The number of carbonyl (C=O) groups excluding carboxylic acids is 1. The molecule has 0 saturated carbocycles. The predicted molar refractivity (Wildman–Crippen MR) is 106 cm³/mol. The summed E-state index contributed by atoms with van der Waals surface area (Å²) in [4.78, 5) is 32.5. The number of aromatic nitrogens is 6. The second-order valence-corrected chi connectivity index (χ2v) is 7.28. The molecule has 1 amide bonds. The third-order valence-corrected chi connectivity index (χ3v) is 5.33. The number of imidazole rings is 2. The number of hydrogen-bond donors (Lipinski definition) is 0. The first-order chi connectivity index (χ1) is 14.3. The molecule has 4 aromatic heterocycles. The molecule has 0 aromatic carbocycles. The van der Waals surface area contributed by atoms with Gasteiger partial charge in [0.05, 0.1) is 12.2 Å². The van der Waals surface area contributed by atoms with Crippen molar-refractivity contribution in [3.63, 3.8) is 0 Å². The van der Waals surface area contributed by atoms with Crippen LogP contribution in [0.15, 0.2) is 61.4 Å². The lowest BCUT2D eigenvalue weighted by Crippen LogP contribution is -2.40. The van der Waals surface area contributed by atoms with Crippen LogP contribution in [0.25, 0.3) is 5.78 Å². The van der Waals surface area contributed by atoms with E-state index in [-0.39, 0.29) is 11.8 Å². The number of hydrogen-bond acceptors (Lipinski definition) is 5. The van der Waals surface area contributed by atoms with Gasteiger partial charge in [-0.05, 0) is 31.0 Å². The number of fused-ring (bicyclic) bond motifs is 1. The van der Waals surface area contributed by atoms with E-state index in [0.717, 1.165) is 30.9 Å². The monoisotopic (exact) mass is 387 g/mol. The normalized spacial score (nSPS) is 17.0. The van der Waals surface area contributed by atoms with Crippen molar-refractivity contribution in [2.45, 2.75) is 25.3 Å². The first-order valence-electron chi connectivity index (χ1n) is 9.78. The SMILES string of the molecule is O=C(c1cn2cccnc2n1)N1CCC[C@@H](c2nccn2Cc2ccccn2)C1. The highest BCUT2D eigenvalue weighted by atomic mass is 16.2. The second kappa shape index (κ2) is 7.46. The summed E-state index contributed by atoms with van der Waals surface area (Å²) in [5.74, 6) is 1.68. The summed E-state index contributed by atoms with van der Waals surface area (Å²) in [5, 5.41) is 0. The molecule has 1 atom stereocenters. The molecule has 5 heterocycles. The van der Waals surface area contributed by atoms with Crippen LogP contribution in [0.3, 0.4) is 0 Å². The van der Waals surface area contributed by atoms with Crippen molar-refractivity contribution in [1.82, 2.24) is 33.8 Å². The second-order valence-electron chi connectivity index (χ2n) is 7.28. The topological polar surface area (TPSA) is 81.2 Å². The van der Waals surface area contributed by atoms with Gasteiger partial charge < -0.3 is 9.47 Å². The van der Waals surface area contributed by atoms with Gasteiger partial charge in [0.25, 0.3) is 5.91 Å². The molecule has 1 fully saturated rings. The minimum Gasteiger partial charge on any atom is -0.337 e. The van der Waals surface area contributed by atoms with E-state index in [4.69, 9.17) is 0 Å². The van der Waals surface area contributed by atoms with E-state index < -0.39 is 0 Å². The Morgan fingerprint density at radius 1 is 1.07 bits per heavy atom. The molecule has 0 radical (unpaired) electrons. The molecule has 4 aromatic rings. The number of piperidine rings is 1. The minimum atomic E-state index is -0.0527. The lowest BCUT2D eigenvalue weighted by Gasteiger charge is -2.32. The smallest absolute Gasteiger partial charge is 0.274 e. The van der Waals surface area contributed by atoms with E-state index in [1.54, 1.807) is 23.0 Å². The molecule has 0 unspecified atom stereocenters. The average Bonchev–Trinajstić information content (AvgIpc) is 3.41. The van der Waals surface area contributed by atoms with Crippen LogP contribution < -0.4 is 0 Å². The van der Waals surface area contributed by atoms with Crippen LogP contribution in [0.5, 0.6) is 0 Å². The third-order valence-electron chi connectivity index (χ3n) is 5.33. The highest BCUT2D eigenvalue weighted by Crippen LogP contribution is 2.27. The summed E-state index contributed by atoms with van der Waals surface area (Å²) in [7, 11) is 0. The zero-order valence-electron chi connectivity index (χ0n) is 15.9. The summed E-state index contributed by atoms with van der Waals surface area (Å²) in [6.07, 6.45) is 12.8. The lowest BCUT2D eigenvalue weighted by molar-refractivity contribution is 0.0698. The molecule has 29 heavy (non-hydrogen) atoms. The Morgan fingerprint density at radius 2 is 2.00 bits per heavy atom. The van der Waals surface area contributed by atoms with E-state index in [1.807, 2.05) is 47.8 Å². The highest BCUT2D eigenvalue weighted by Gasteiger charge is 2.29. The number of carbonyl (C=O) groups is 1. The van der Waals surface area contributed by atoms with E-state index in [0.29, 0.717) is 24.6 Å². The van der Waals surface area contributed by atoms with Gasteiger partial charge in [0.2, 0.25) is 5.78 Å². The maximum Gasteiger partial charge on any atom is 0.274 e. The fourth-order valence-electron chi connectivity index (χ4n) is 3.95. The van der Waals surface area contributed by atoms with Crippen molar-refractivity contribution in [3.05, 3.63) is 78.7 Å². The van der Waals surface area contributed by atoms with E-state index in [1.165, 1.54) is 0 Å². The van der Waals surface area contributed by atoms with E-state index >= 15 is 0 Å². The van der Waals surface area contributed by atoms with Crippen LogP contribution >= 0.6 is 0 Å². The molecule has 1 aliphatic rings. The van der Waals surface area contributed by atoms with Crippen LogP contribution in [0, 0.1) is 0 Å². The standard InChI is InChI=1S/C21H21N7O/c29-20(18-15-28-11-4-8-24-21(28)25-18)27-10-3-5-16(13-27)19-23-9-12-26(19)14-17-6-1-2-7-22-17/h1-2,4,6-9,11-12,15-16H,3,5,10,13-14H2/t16-/m1/s1. The largest absolute Gasteiger partial charge is 0.337 e. The molecule has 1 aliphatic heterocycles. The van der Waals surface area contributed by atoms with Gasteiger partial charge in [-0.3, -0.25) is 14.2 Å². The third kappa shape index (κ3) is 3.49. The van der Waals surface area contributed by atoms with Crippen molar-refractivity contribution in [2.24, 2.45) is 0 Å². The summed E-state index contributed by atoms with van der Waals surface area (Å²) in [6.45, 7) is 2.05. The highest BCUT2D eigenvalue weighted by molar-refractivity contribution is 5.92. The zero-order chi connectivity index (χ0) is 19.6. The molecule has 8 nitrogen and oxygen atoms in total. The average molecular weight is 387 g/mol. The van der Waals surface area contributed by atoms with Gasteiger partial charge in [0.15, 0.2) is 0 Å². The van der Waals surface area contributed by atoms with Crippen LogP contribution in [-0.2, 0) is 6.54 Å². The van der Waals surface area contributed by atoms with Gasteiger partial charge in [-0.15, -0.1) is 0 Å². The maximum absolute atomic E-state index is 13.0. The molecule has 0 bridgehead atoms. The van der Waals surface area contributed by atoms with Gasteiger partial charge >= 0.3 is 0 Å². The number of rotatable bonds is 4. The summed E-state index contributed by atoms with van der Waals surface area (Å²) in [6, 6.07) is 7.74. The first-order valence-corrected chi connectivity index (χ1v) is 9.78. The van der Waals surface area contributed by atoms with Crippen LogP contribution in [0.4, 0.5) is 0 Å². The Balaban J connectivity index is 1.34. The minimum absolute atomic E-state index is 0.0527. The Bertz CT molecular complexity index is 1100. The van der Waals surface area contributed by atoms with E-state index in [2.05, 4.69) is 24.5 Å². The first kappa shape index (κ1) is 17.5. The van der Waals surface area contributed by atoms with Crippen molar-refractivity contribution < 1.29 is 4.79 Å². The number of pyridine rings is 1. The van der Waals surface area contributed by atoms with Crippen molar-refractivity contribution >= 4 is 11.7 Å². The molecule has 1 saturated heterocycles. The Kier molecular flexibility index (Phi) is 4.51. The fraction of sp³-hybridized carbons (Fsp3) is 0.286. The zero-order valence-corrected chi connectivity index (χ0v) is 15.9.